The van der Waals surface area contributed by atoms with Gasteiger partial charge in [0, 0.05) is 12.6 Å². The molecule has 2 aromatic carbocycles. The van der Waals surface area contributed by atoms with Crippen molar-refractivity contribution in [3.63, 3.8) is 0 Å². The van der Waals surface area contributed by atoms with Crippen LogP contribution in [0.5, 0.6) is 0 Å². The van der Waals surface area contributed by atoms with Crippen LogP contribution in [0.1, 0.15) is 29.7 Å². The first-order valence-electron chi connectivity index (χ1n) is 8.50. The van der Waals surface area contributed by atoms with Crippen LogP contribution in [0.3, 0.4) is 0 Å². The Bertz CT molecular complexity index is 781. The summed E-state index contributed by atoms with van der Waals surface area (Å²) < 4.78 is 0. The third-order valence-corrected chi connectivity index (χ3v) is 4.96. The van der Waals surface area contributed by atoms with E-state index in [4.69, 9.17) is 0 Å². The third kappa shape index (κ3) is 4.67. The van der Waals surface area contributed by atoms with E-state index in [1.54, 1.807) is 11.3 Å². The molecule has 0 fully saturated rings. The maximum absolute atomic E-state index is 10.5. The molecule has 1 heterocycles. The second-order valence-corrected chi connectivity index (χ2v) is 6.83. The molecule has 25 heavy (non-hydrogen) atoms. The summed E-state index contributed by atoms with van der Waals surface area (Å²) in [6.45, 7) is 2.71. The molecule has 2 atom stereocenters. The van der Waals surface area contributed by atoms with E-state index in [-0.39, 0.29) is 6.04 Å². The molecule has 0 bridgehead atoms. The Kier molecular flexibility index (Phi) is 6.18. The lowest BCUT2D eigenvalue weighted by Crippen LogP contribution is -2.32. The van der Waals surface area contributed by atoms with Gasteiger partial charge in [0.2, 0.25) is 0 Å². The van der Waals surface area contributed by atoms with Crippen molar-refractivity contribution >= 4 is 16.9 Å². The summed E-state index contributed by atoms with van der Waals surface area (Å²) in [4.78, 5) is 0. The normalized spacial score (nSPS) is 14.2. The Balaban J connectivity index is 1.70. The third-order valence-electron chi connectivity index (χ3n) is 4.28. The Labute approximate surface area is 153 Å². The van der Waals surface area contributed by atoms with Gasteiger partial charge in [-0.05, 0) is 46.0 Å². The summed E-state index contributed by atoms with van der Waals surface area (Å²) in [5.41, 5.74) is 4.59. The molecule has 0 aliphatic carbocycles. The number of aliphatic hydroxyl groups is 1. The number of benzene rings is 2. The van der Waals surface area contributed by atoms with Crippen LogP contribution in [-0.2, 0) is 0 Å². The Hall–Kier alpha value is -2.20. The number of thiophene rings is 1. The van der Waals surface area contributed by atoms with Crippen LogP contribution in [0.15, 0.2) is 83.6 Å². The second kappa shape index (κ2) is 8.77. The van der Waals surface area contributed by atoms with Gasteiger partial charge in [-0.3, -0.25) is 0 Å². The van der Waals surface area contributed by atoms with Gasteiger partial charge in [0.15, 0.2) is 0 Å². The van der Waals surface area contributed by atoms with Crippen molar-refractivity contribution in [1.29, 1.82) is 0 Å². The fourth-order valence-corrected chi connectivity index (χ4v) is 3.49. The molecule has 2 N–H and O–H groups in total. The molecule has 1 aromatic heterocycles. The molecular weight excluding hydrogens is 326 g/mol. The van der Waals surface area contributed by atoms with Crippen molar-refractivity contribution in [2.24, 2.45) is 0 Å². The quantitative estimate of drug-likeness (QED) is 0.636. The molecule has 0 spiro atoms. The van der Waals surface area contributed by atoms with Gasteiger partial charge in [0.25, 0.3) is 0 Å². The molecule has 3 heteroatoms. The fourth-order valence-electron chi connectivity index (χ4n) is 2.84. The summed E-state index contributed by atoms with van der Waals surface area (Å²) in [7, 11) is 0. The standard InChI is InChI=1S/C22H23NOS/c1-17(22(24)19-10-6-3-7-11-19)23-14-12-21(20-13-15-25-16-20)18-8-4-2-5-9-18/h2-13,15-17,22-24H,14H2,1H3/b21-12+. The molecule has 2 unspecified atom stereocenters. The minimum atomic E-state index is -0.518. The van der Waals surface area contributed by atoms with E-state index in [9.17, 15) is 5.11 Å². The first-order valence-corrected chi connectivity index (χ1v) is 9.44. The highest BCUT2D eigenvalue weighted by Crippen LogP contribution is 2.25. The predicted molar refractivity (Wildman–Crippen MR) is 107 cm³/mol. The molecule has 0 saturated heterocycles. The lowest BCUT2D eigenvalue weighted by Gasteiger charge is -2.20. The van der Waals surface area contributed by atoms with Gasteiger partial charge in [0.05, 0.1) is 6.10 Å². The summed E-state index contributed by atoms with van der Waals surface area (Å²) in [5, 5.41) is 18.2. The summed E-state index contributed by atoms with van der Waals surface area (Å²) in [5.74, 6) is 0. The highest BCUT2D eigenvalue weighted by molar-refractivity contribution is 7.08. The Morgan fingerprint density at radius 3 is 2.32 bits per heavy atom. The smallest absolute Gasteiger partial charge is 0.0940 e. The summed E-state index contributed by atoms with van der Waals surface area (Å²) >= 11 is 1.70. The molecule has 0 radical (unpaired) electrons. The maximum atomic E-state index is 10.5. The minimum absolute atomic E-state index is 0.0295. The Morgan fingerprint density at radius 1 is 1.00 bits per heavy atom. The number of aliphatic hydroxyl groups excluding tert-OH is 1. The molecule has 0 aliphatic rings. The number of rotatable bonds is 7. The lowest BCUT2D eigenvalue weighted by molar-refractivity contribution is 0.138. The molecule has 3 aromatic rings. The monoisotopic (exact) mass is 349 g/mol. The van der Waals surface area contributed by atoms with Gasteiger partial charge in [-0.15, -0.1) is 0 Å². The van der Waals surface area contributed by atoms with E-state index in [0.29, 0.717) is 6.54 Å². The van der Waals surface area contributed by atoms with E-state index < -0.39 is 6.10 Å². The van der Waals surface area contributed by atoms with Crippen LogP contribution in [0.4, 0.5) is 0 Å². The van der Waals surface area contributed by atoms with Crippen LogP contribution < -0.4 is 5.32 Å². The van der Waals surface area contributed by atoms with Crippen molar-refractivity contribution in [2.75, 3.05) is 6.54 Å². The molecular formula is C22H23NOS. The highest BCUT2D eigenvalue weighted by Gasteiger charge is 2.15. The van der Waals surface area contributed by atoms with Crippen molar-refractivity contribution in [3.8, 4) is 0 Å². The van der Waals surface area contributed by atoms with Gasteiger partial charge in [-0.25, -0.2) is 0 Å². The first-order chi connectivity index (χ1) is 12.3. The van der Waals surface area contributed by atoms with E-state index in [0.717, 1.165) is 5.56 Å². The SMILES string of the molecule is CC(NC/C=C(\c1ccccc1)c1ccsc1)C(O)c1ccccc1. The average Bonchev–Trinajstić information content (AvgIpc) is 3.20. The van der Waals surface area contributed by atoms with Gasteiger partial charge in [-0.1, -0.05) is 66.7 Å². The lowest BCUT2D eigenvalue weighted by atomic mass is 9.99. The summed E-state index contributed by atoms with van der Waals surface area (Å²) in [6.07, 6.45) is 1.68. The first kappa shape index (κ1) is 17.6. The van der Waals surface area contributed by atoms with Crippen molar-refractivity contribution in [2.45, 2.75) is 19.1 Å². The van der Waals surface area contributed by atoms with E-state index in [2.05, 4.69) is 52.5 Å². The minimum Gasteiger partial charge on any atom is -0.387 e. The molecule has 3 rings (SSSR count). The number of nitrogens with one attached hydrogen (secondary N) is 1. The fraction of sp³-hybridized carbons (Fsp3) is 0.182. The van der Waals surface area contributed by atoms with Crippen LogP contribution in [0.2, 0.25) is 0 Å². The van der Waals surface area contributed by atoms with E-state index in [1.165, 1.54) is 16.7 Å². The predicted octanol–water partition coefficient (Wildman–Crippen LogP) is 4.89. The van der Waals surface area contributed by atoms with Crippen molar-refractivity contribution in [3.05, 3.63) is 100 Å². The molecule has 0 saturated carbocycles. The molecule has 0 aliphatic heterocycles. The van der Waals surface area contributed by atoms with Crippen LogP contribution in [-0.4, -0.2) is 17.7 Å². The van der Waals surface area contributed by atoms with Gasteiger partial charge >= 0.3 is 0 Å². The van der Waals surface area contributed by atoms with Crippen LogP contribution in [0.25, 0.3) is 5.57 Å². The second-order valence-electron chi connectivity index (χ2n) is 6.05. The zero-order valence-electron chi connectivity index (χ0n) is 14.3. The van der Waals surface area contributed by atoms with E-state index >= 15 is 0 Å². The molecule has 2 nitrogen and oxygen atoms in total. The largest absolute Gasteiger partial charge is 0.387 e. The van der Waals surface area contributed by atoms with Gasteiger partial charge in [-0.2, -0.15) is 11.3 Å². The van der Waals surface area contributed by atoms with Gasteiger partial charge in [0.1, 0.15) is 0 Å². The summed E-state index contributed by atoms with van der Waals surface area (Å²) in [6, 6.07) is 22.3. The molecule has 0 amide bonds. The Morgan fingerprint density at radius 2 is 1.68 bits per heavy atom. The average molecular weight is 349 g/mol. The zero-order chi connectivity index (χ0) is 17.5. The zero-order valence-corrected chi connectivity index (χ0v) is 15.1. The van der Waals surface area contributed by atoms with Gasteiger partial charge < -0.3 is 10.4 Å². The molecule has 128 valence electrons. The number of hydrogen-bond donors (Lipinski definition) is 2. The highest BCUT2D eigenvalue weighted by atomic mass is 32.1. The maximum Gasteiger partial charge on any atom is 0.0940 e. The van der Waals surface area contributed by atoms with Crippen molar-refractivity contribution in [1.82, 2.24) is 5.32 Å². The van der Waals surface area contributed by atoms with Crippen LogP contribution in [0, 0.1) is 0 Å². The van der Waals surface area contributed by atoms with Crippen molar-refractivity contribution < 1.29 is 5.11 Å². The number of hydrogen-bond acceptors (Lipinski definition) is 3. The van der Waals surface area contributed by atoms with E-state index in [1.807, 2.05) is 43.3 Å². The topological polar surface area (TPSA) is 32.3 Å². The van der Waals surface area contributed by atoms with Crippen LogP contribution >= 0.6 is 11.3 Å².